The molecule has 1 aliphatic rings. The van der Waals surface area contributed by atoms with Gasteiger partial charge in [0, 0.05) is 38.1 Å². The normalized spacial score (nSPS) is 14.5. The SMILES string of the molecule is COC(=O)[C@H](CCNC(=O)[C@H](CCCCNC(=O)OCc1ccccc1)N(C)C(=O)Cc1ccc(NC(=O)Nc2ccccc2C)cc1)NC(=O)[C@@H]1CCCN1S(=O)(=O)c1ccccc1. The number of unbranched alkanes of at least 4 members (excludes halogenated alkanes) is 1. The van der Waals surface area contributed by atoms with Crippen LogP contribution in [-0.2, 0) is 51.7 Å². The van der Waals surface area contributed by atoms with Crippen molar-refractivity contribution in [3.05, 3.63) is 126 Å². The molecule has 1 saturated heterocycles. The van der Waals surface area contributed by atoms with Crippen LogP contribution in [0.4, 0.5) is 21.0 Å². The van der Waals surface area contributed by atoms with Crippen LogP contribution in [0.3, 0.4) is 0 Å². The Hall–Kier alpha value is -6.79. The minimum atomic E-state index is -3.99. The molecule has 0 bridgehead atoms. The third-order valence-corrected chi connectivity index (χ3v) is 12.8. The molecule has 1 fully saturated rings. The van der Waals surface area contributed by atoms with Crippen LogP contribution in [-0.4, -0.2) is 105 Å². The zero-order valence-corrected chi connectivity index (χ0v) is 37.6. The van der Waals surface area contributed by atoms with Crippen LogP contribution in [0.5, 0.6) is 0 Å². The highest BCUT2D eigenvalue weighted by Crippen LogP contribution is 2.26. The molecule has 1 heterocycles. The number of hydrogen-bond acceptors (Lipinski definition) is 10. The number of rotatable bonds is 21. The molecule has 0 aromatic heterocycles. The summed E-state index contributed by atoms with van der Waals surface area (Å²) in [5, 5.41) is 13.7. The van der Waals surface area contributed by atoms with Crippen LogP contribution in [0, 0.1) is 6.92 Å². The van der Waals surface area contributed by atoms with E-state index in [2.05, 4.69) is 26.6 Å². The van der Waals surface area contributed by atoms with Crippen molar-refractivity contribution in [3.8, 4) is 0 Å². The van der Waals surface area contributed by atoms with Crippen molar-refractivity contribution >= 4 is 57.2 Å². The second-order valence-corrected chi connectivity index (χ2v) is 17.4. The number of likely N-dealkylation sites (N-methyl/N-ethyl adjacent to an activating group) is 1. The molecular formula is C47H57N7O10S. The highest BCUT2D eigenvalue weighted by Gasteiger charge is 2.40. The van der Waals surface area contributed by atoms with Gasteiger partial charge in [-0.1, -0.05) is 78.9 Å². The minimum Gasteiger partial charge on any atom is -0.467 e. The van der Waals surface area contributed by atoms with Gasteiger partial charge in [-0.3, -0.25) is 14.4 Å². The Morgan fingerprint density at radius 1 is 0.785 bits per heavy atom. The quantitative estimate of drug-likeness (QED) is 0.0549. The van der Waals surface area contributed by atoms with E-state index in [-0.39, 0.29) is 62.7 Å². The average Bonchev–Trinajstić information content (AvgIpc) is 3.82. The lowest BCUT2D eigenvalue weighted by Gasteiger charge is -2.28. The number of esters is 1. The lowest BCUT2D eigenvalue weighted by Crippen LogP contribution is -2.52. The maximum Gasteiger partial charge on any atom is 0.407 e. The molecule has 3 atom stereocenters. The maximum atomic E-state index is 13.9. The number of nitrogens with one attached hydrogen (secondary N) is 5. The fourth-order valence-corrected chi connectivity index (χ4v) is 8.92. The van der Waals surface area contributed by atoms with Gasteiger partial charge in [0.05, 0.1) is 18.4 Å². The van der Waals surface area contributed by atoms with Gasteiger partial charge in [-0.05, 0) is 92.5 Å². The molecule has 0 saturated carbocycles. The predicted octanol–water partition coefficient (Wildman–Crippen LogP) is 5.12. The number of methoxy groups -OCH3 is 1. The number of urea groups is 1. The summed E-state index contributed by atoms with van der Waals surface area (Å²) in [6.45, 7) is 2.28. The summed E-state index contributed by atoms with van der Waals surface area (Å²) in [4.78, 5) is 80.3. The lowest BCUT2D eigenvalue weighted by molar-refractivity contribution is -0.145. The monoisotopic (exact) mass is 911 g/mol. The summed E-state index contributed by atoms with van der Waals surface area (Å²) in [5.74, 6) is -2.33. The van der Waals surface area contributed by atoms with Gasteiger partial charge < -0.3 is 41.0 Å². The molecule has 0 radical (unpaired) electrons. The van der Waals surface area contributed by atoms with E-state index in [1.165, 1.54) is 24.1 Å². The van der Waals surface area contributed by atoms with Crippen molar-refractivity contribution in [3.63, 3.8) is 0 Å². The van der Waals surface area contributed by atoms with Gasteiger partial charge in [-0.2, -0.15) is 4.31 Å². The summed E-state index contributed by atoms with van der Waals surface area (Å²) in [5.41, 5.74) is 3.57. The fraction of sp³-hybridized carbons (Fsp3) is 0.362. The molecule has 1 aliphatic heterocycles. The van der Waals surface area contributed by atoms with Crippen LogP contribution in [0.1, 0.15) is 55.2 Å². The molecule has 346 valence electrons. The summed E-state index contributed by atoms with van der Waals surface area (Å²) in [6, 6.07) is 27.5. The van der Waals surface area contributed by atoms with Crippen molar-refractivity contribution in [2.75, 3.05) is 44.4 Å². The van der Waals surface area contributed by atoms with E-state index >= 15 is 0 Å². The topological polar surface area (TPSA) is 222 Å². The van der Waals surface area contributed by atoms with Gasteiger partial charge in [0.15, 0.2) is 0 Å². The summed E-state index contributed by atoms with van der Waals surface area (Å²) in [6.07, 6.45) is 1.08. The first kappa shape index (κ1) is 49.2. The minimum absolute atomic E-state index is 0.0495. The van der Waals surface area contributed by atoms with Crippen molar-refractivity contribution in [1.82, 2.24) is 25.2 Å². The molecule has 5 rings (SSSR count). The number of anilines is 2. The summed E-state index contributed by atoms with van der Waals surface area (Å²) < 4.78 is 38.2. The van der Waals surface area contributed by atoms with Gasteiger partial charge in [0.2, 0.25) is 27.7 Å². The van der Waals surface area contributed by atoms with Crippen LogP contribution >= 0.6 is 0 Å². The fourth-order valence-electron chi connectivity index (χ4n) is 7.24. The van der Waals surface area contributed by atoms with E-state index in [0.29, 0.717) is 36.2 Å². The molecule has 17 nitrogen and oxygen atoms in total. The highest BCUT2D eigenvalue weighted by molar-refractivity contribution is 7.89. The van der Waals surface area contributed by atoms with Crippen LogP contribution in [0.2, 0.25) is 0 Å². The number of amides is 6. The van der Waals surface area contributed by atoms with E-state index < -0.39 is 58.1 Å². The second-order valence-electron chi connectivity index (χ2n) is 15.5. The predicted molar refractivity (Wildman–Crippen MR) is 244 cm³/mol. The van der Waals surface area contributed by atoms with Gasteiger partial charge >= 0.3 is 18.1 Å². The van der Waals surface area contributed by atoms with Gasteiger partial charge in [0.25, 0.3) is 0 Å². The lowest BCUT2D eigenvalue weighted by atomic mass is 10.0. The van der Waals surface area contributed by atoms with Gasteiger partial charge in [-0.15, -0.1) is 0 Å². The Morgan fingerprint density at radius 3 is 2.15 bits per heavy atom. The number of aryl methyl sites for hydroxylation is 1. The zero-order chi connectivity index (χ0) is 46.8. The van der Waals surface area contributed by atoms with E-state index in [0.717, 1.165) is 22.5 Å². The van der Waals surface area contributed by atoms with Crippen molar-refractivity contribution in [2.45, 2.75) is 81.5 Å². The zero-order valence-electron chi connectivity index (χ0n) is 36.8. The summed E-state index contributed by atoms with van der Waals surface area (Å²) in [7, 11) is -1.32. The first-order valence-electron chi connectivity index (χ1n) is 21.4. The molecule has 4 aromatic rings. The number of benzene rings is 4. The Kier molecular flexibility index (Phi) is 18.4. The maximum absolute atomic E-state index is 13.9. The van der Waals surface area contributed by atoms with E-state index in [4.69, 9.17) is 9.47 Å². The van der Waals surface area contributed by atoms with E-state index in [1.807, 2.05) is 55.5 Å². The molecule has 0 unspecified atom stereocenters. The van der Waals surface area contributed by atoms with Gasteiger partial charge in [-0.25, -0.2) is 22.8 Å². The van der Waals surface area contributed by atoms with Gasteiger partial charge in [0.1, 0.15) is 24.7 Å². The molecule has 0 spiro atoms. The standard InChI is InChI=1S/C47H57N7O10S/c1-33-15-10-11-20-38(33)52-46(59)50-36-25-23-34(24-26-36)31-42(55)53(2)40(21-12-13-28-49-47(60)64-32-35-16-6-4-7-17-35)43(56)48-29-27-39(45(58)63-3)51-44(57)41-22-14-30-54(41)65(61,62)37-18-8-5-9-19-37/h4-11,15-20,23-26,39-41H,12-14,21-22,27-32H2,1-3H3,(H,48,56)(H,49,60)(H,51,57)(H2,50,52,59)/t39-,40-,41-/m0/s1. The molecular weight excluding hydrogens is 855 g/mol. The Balaban J connectivity index is 1.18. The highest BCUT2D eigenvalue weighted by atomic mass is 32.2. The first-order chi connectivity index (χ1) is 31.3. The van der Waals surface area contributed by atoms with Crippen LogP contribution in [0.15, 0.2) is 114 Å². The van der Waals surface area contributed by atoms with Crippen LogP contribution < -0.4 is 26.6 Å². The number of ether oxygens (including phenoxy) is 2. The molecule has 65 heavy (non-hydrogen) atoms. The number of alkyl carbamates (subject to hydrolysis) is 1. The number of hydrogen-bond donors (Lipinski definition) is 5. The first-order valence-corrected chi connectivity index (χ1v) is 22.9. The molecule has 18 heteroatoms. The average molecular weight is 912 g/mol. The second kappa shape index (κ2) is 24.3. The Labute approximate surface area is 379 Å². The Bertz CT molecular complexity index is 2350. The third kappa shape index (κ3) is 14.6. The number of nitrogens with zero attached hydrogens (tertiary/aromatic N) is 2. The third-order valence-electron chi connectivity index (χ3n) is 10.9. The smallest absolute Gasteiger partial charge is 0.407 e. The number of carbonyl (C=O) groups excluding carboxylic acids is 6. The van der Waals surface area contributed by atoms with Crippen molar-refractivity contribution < 1.29 is 46.7 Å². The molecule has 6 amide bonds. The largest absolute Gasteiger partial charge is 0.467 e. The van der Waals surface area contributed by atoms with Crippen LogP contribution in [0.25, 0.3) is 0 Å². The van der Waals surface area contributed by atoms with E-state index in [1.54, 1.807) is 48.5 Å². The molecule has 5 N–H and O–H groups in total. The summed E-state index contributed by atoms with van der Waals surface area (Å²) >= 11 is 0. The molecule has 4 aromatic carbocycles. The van der Waals surface area contributed by atoms with Crippen molar-refractivity contribution in [1.29, 1.82) is 0 Å². The van der Waals surface area contributed by atoms with E-state index in [9.17, 15) is 37.2 Å². The number of carbonyl (C=O) groups is 6. The Morgan fingerprint density at radius 2 is 1.46 bits per heavy atom. The number of sulfonamides is 1. The molecule has 0 aliphatic carbocycles. The number of para-hydroxylation sites is 1. The van der Waals surface area contributed by atoms with Crippen molar-refractivity contribution in [2.24, 2.45) is 0 Å².